The molecule has 9 heteroatoms. The highest BCUT2D eigenvalue weighted by molar-refractivity contribution is 6.30. The Hall–Kier alpha value is -3.13. The number of benzene rings is 1. The van der Waals surface area contributed by atoms with Crippen molar-refractivity contribution in [3.63, 3.8) is 0 Å². The van der Waals surface area contributed by atoms with Crippen LogP contribution in [0.5, 0.6) is 0 Å². The molecule has 2 aliphatic heterocycles. The number of methoxy groups -OCH3 is 1. The van der Waals surface area contributed by atoms with Crippen LogP contribution < -0.4 is 5.56 Å². The molecule has 1 aromatic carbocycles. The van der Waals surface area contributed by atoms with Crippen LogP contribution in [0.4, 0.5) is 0 Å². The van der Waals surface area contributed by atoms with Crippen molar-refractivity contribution in [2.75, 3.05) is 7.11 Å². The molecule has 3 rings (SSSR count). The third-order valence-corrected chi connectivity index (χ3v) is 4.23. The normalized spacial score (nSPS) is 12.1. The maximum atomic E-state index is 12.0. The van der Waals surface area contributed by atoms with Crippen LogP contribution in [-0.4, -0.2) is 38.9 Å². The lowest BCUT2D eigenvalue weighted by Gasteiger charge is -2.19. The van der Waals surface area contributed by atoms with E-state index >= 15 is 0 Å². The van der Waals surface area contributed by atoms with Gasteiger partial charge >= 0.3 is 11.9 Å². The Morgan fingerprint density at radius 1 is 1.31 bits per heavy atom. The van der Waals surface area contributed by atoms with E-state index in [9.17, 15) is 19.5 Å². The highest BCUT2D eigenvalue weighted by atomic mass is 35.5. The number of fused-ring (bicyclic) bond motifs is 1. The van der Waals surface area contributed by atoms with E-state index in [1.807, 2.05) is 0 Å². The molecule has 0 fully saturated rings. The zero-order valence-corrected chi connectivity index (χ0v) is 14.4. The summed E-state index contributed by atoms with van der Waals surface area (Å²) in [7, 11) is 1.19. The number of carbonyl (C=O) groups is 2. The summed E-state index contributed by atoms with van der Waals surface area (Å²) in [6.07, 6.45) is 2.82. The molecule has 1 aromatic rings. The Morgan fingerprint density at radius 2 is 2.00 bits per heavy atom. The Kier molecular flexibility index (Phi) is 4.77. The van der Waals surface area contributed by atoms with E-state index in [1.54, 1.807) is 24.3 Å². The first kappa shape index (κ1) is 17.7. The number of aromatic amines is 1. The summed E-state index contributed by atoms with van der Waals surface area (Å²) >= 11 is 5.85. The van der Waals surface area contributed by atoms with Crippen LogP contribution >= 0.6 is 11.6 Å². The van der Waals surface area contributed by atoms with Crippen molar-refractivity contribution in [1.82, 2.24) is 14.8 Å². The number of rotatable bonds is 5. The number of nitrogens with one attached hydrogen (secondary N) is 1. The zero-order chi connectivity index (χ0) is 18.8. The van der Waals surface area contributed by atoms with Gasteiger partial charge in [-0.3, -0.25) is 4.79 Å². The summed E-state index contributed by atoms with van der Waals surface area (Å²) in [5, 5.41) is 16.3. The average molecular weight is 376 g/mol. The highest BCUT2D eigenvalue weighted by Gasteiger charge is 2.26. The number of nitrogens with zero attached hydrogens (tertiary/aromatic N) is 2. The second kappa shape index (κ2) is 7.01. The fourth-order valence-electron chi connectivity index (χ4n) is 2.66. The average Bonchev–Trinajstić information content (AvgIpc) is 3.00. The predicted molar refractivity (Wildman–Crippen MR) is 92.6 cm³/mol. The molecule has 134 valence electrons. The molecule has 2 aliphatic rings. The third kappa shape index (κ3) is 3.31. The first-order valence-corrected chi connectivity index (χ1v) is 7.94. The molecular weight excluding hydrogens is 362 g/mol. The lowest BCUT2D eigenvalue weighted by Crippen LogP contribution is -2.23. The molecule has 0 spiro atoms. The van der Waals surface area contributed by atoms with E-state index in [0.717, 1.165) is 5.56 Å². The molecule has 0 unspecified atom stereocenters. The summed E-state index contributed by atoms with van der Waals surface area (Å²) in [6, 6.07) is 5.72. The number of carbonyl (C=O) groups excluding carboxylic acids is 1. The molecule has 0 amide bonds. The van der Waals surface area contributed by atoms with E-state index in [-0.39, 0.29) is 23.2 Å². The Bertz CT molecular complexity index is 992. The van der Waals surface area contributed by atoms with E-state index in [4.69, 9.17) is 16.3 Å². The summed E-state index contributed by atoms with van der Waals surface area (Å²) in [5.74, 6) is -1.83. The SMILES string of the molecule is COC(=O)c1cn([C@@H](Cc2ccc(Cl)cc2)C(=O)O)cc2c(=O)[nH]nc1-2. The van der Waals surface area contributed by atoms with Gasteiger partial charge in [-0.2, -0.15) is 5.10 Å². The molecule has 26 heavy (non-hydrogen) atoms. The van der Waals surface area contributed by atoms with Gasteiger partial charge in [0.15, 0.2) is 0 Å². The standard InChI is InChI=1S/C17H14ClN3O5/c1-26-17(25)12-8-21(7-11-14(12)19-20-15(11)22)13(16(23)24)6-9-2-4-10(18)5-3-9/h2-5,7-8,13H,6H2,1H3,(H,20,22)(H,23,24)/t13-/m0/s1. The number of hydrogen-bond acceptors (Lipinski definition) is 5. The number of hydrogen-bond donors (Lipinski definition) is 2. The molecule has 0 aromatic heterocycles. The summed E-state index contributed by atoms with van der Waals surface area (Å²) in [6.45, 7) is 0. The number of carboxylic acids is 1. The van der Waals surface area contributed by atoms with Gasteiger partial charge in [-0.1, -0.05) is 23.7 Å². The van der Waals surface area contributed by atoms with Gasteiger partial charge in [-0.05, 0) is 17.7 Å². The minimum atomic E-state index is -1.11. The van der Waals surface area contributed by atoms with Crippen molar-refractivity contribution < 1.29 is 19.4 Å². The van der Waals surface area contributed by atoms with E-state index in [0.29, 0.717) is 5.02 Å². The number of halogens is 1. The van der Waals surface area contributed by atoms with Crippen molar-refractivity contribution in [3.8, 4) is 11.3 Å². The second-order valence-corrected chi connectivity index (χ2v) is 6.05. The van der Waals surface area contributed by atoms with Crippen molar-refractivity contribution in [3.05, 3.63) is 63.2 Å². The quantitative estimate of drug-likeness (QED) is 0.659. The van der Waals surface area contributed by atoms with E-state index in [2.05, 4.69) is 10.2 Å². The van der Waals surface area contributed by atoms with Gasteiger partial charge < -0.3 is 14.4 Å². The third-order valence-electron chi connectivity index (χ3n) is 3.97. The maximum Gasteiger partial charge on any atom is 0.341 e. The molecule has 1 atom stereocenters. The minimum Gasteiger partial charge on any atom is -0.480 e. The summed E-state index contributed by atoms with van der Waals surface area (Å²) in [5.41, 5.74) is 0.466. The van der Waals surface area contributed by atoms with Crippen LogP contribution in [-0.2, 0) is 16.0 Å². The molecule has 2 N–H and O–H groups in total. The fraction of sp³-hybridized carbons (Fsp3) is 0.176. The molecule has 8 nitrogen and oxygen atoms in total. The molecule has 0 bridgehead atoms. The van der Waals surface area contributed by atoms with E-state index < -0.39 is 23.5 Å². The molecule has 0 saturated heterocycles. The van der Waals surface area contributed by atoms with Crippen molar-refractivity contribution >= 4 is 23.5 Å². The molecule has 0 radical (unpaired) electrons. The Balaban J connectivity index is 2.10. The van der Waals surface area contributed by atoms with Crippen LogP contribution in [0.3, 0.4) is 0 Å². The minimum absolute atomic E-state index is 0.00528. The number of H-pyrrole nitrogens is 1. The summed E-state index contributed by atoms with van der Waals surface area (Å²) in [4.78, 5) is 35.8. The van der Waals surface area contributed by atoms with Gasteiger partial charge in [0, 0.05) is 23.8 Å². The topological polar surface area (TPSA) is 114 Å². The van der Waals surface area contributed by atoms with Gasteiger partial charge in [0.05, 0.1) is 12.7 Å². The lowest BCUT2D eigenvalue weighted by atomic mass is 10.0. The zero-order valence-electron chi connectivity index (χ0n) is 13.6. The first-order chi connectivity index (χ1) is 12.4. The molecule has 0 saturated carbocycles. The van der Waals surface area contributed by atoms with Crippen LogP contribution in [0.1, 0.15) is 22.0 Å². The number of carboxylic acid groups (broad SMARTS) is 1. The van der Waals surface area contributed by atoms with Gasteiger partial charge in [0.25, 0.3) is 5.56 Å². The molecular formula is C17H14ClN3O5. The van der Waals surface area contributed by atoms with Crippen LogP contribution in [0, 0.1) is 0 Å². The Labute approximate surface area is 152 Å². The number of pyridine rings is 1. The molecule has 2 heterocycles. The van der Waals surface area contributed by atoms with Crippen LogP contribution in [0.15, 0.2) is 41.5 Å². The predicted octanol–water partition coefficient (Wildman–Crippen LogP) is 1.98. The van der Waals surface area contributed by atoms with Crippen LogP contribution in [0.2, 0.25) is 5.02 Å². The number of esters is 1. The number of ether oxygens (including phenoxy) is 1. The van der Waals surface area contributed by atoms with Crippen molar-refractivity contribution in [1.29, 1.82) is 0 Å². The maximum absolute atomic E-state index is 12.0. The Morgan fingerprint density at radius 3 is 2.62 bits per heavy atom. The van der Waals surface area contributed by atoms with Gasteiger partial charge in [-0.15, -0.1) is 0 Å². The van der Waals surface area contributed by atoms with Crippen LogP contribution in [0.25, 0.3) is 11.3 Å². The van der Waals surface area contributed by atoms with Gasteiger partial charge in [-0.25, -0.2) is 14.7 Å². The first-order valence-electron chi connectivity index (χ1n) is 7.56. The molecule has 0 aliphatic carbocycles. The smallest absolute Gasteiger partial charge is 0.341 e. The van der Waals surface area contributed by atoms with Crippen molar-refractivity contribution in [2.24, 2.45) is 0 Å². The van der Waals surface area contributed by atoms with Gasteiger partial charge in [0.2, 0.25) is 0 Å². The number of aliphatic carboxylic acids is 1. The fourth-order valence-corrected chi connectivity index (χ4v) is 2.79. The van der Waals surface area contributed by atoms with Crippen molar-refractivity contribution in [2.45, 2.75) is 12.5 Å². The largest absolute Gasteiger partial charge is 0.480 e. The lowest BCUT2D eigenvalue weighted by molar-refractivity contribution is -0.140. The number of aromatic nitrogens is 3. The highest BCUT2D eigenvalue weighted by Crippen LogP contribution is 2.25. The second-order valence-electron chi connectivity index (χ2n) is 5.61. The summed E-state index contributed by atoms with van der Waals surface area (Å²) < 4.78 is 6.02. The monoisotopic (exact) mass is 375 g/mol. The van der Waals surface area contributed by atoms with Gasteiger partial charge in [0.1, 0.15) is 17.3 Å². The van der Waals surface area contributed by atoms with E-state index in [1.165, 1.54) is 24.1 Å².